The lowest BCUT2D eigenvalue weighted by Gasteiger charge is -2.18. The Balaban J connectivity index is 2.31. The molecule has 6 nitrogen and oxygen atoms in total. The molecule has 0 aliphatic rings. The zero-order valence-electron chi connectivity index (χ0n) is 11.1. The van der Waals surface area contributed by atoms with Gasteiger partial charge in [-0.25, -0.2) is 4.79 Å². The van der Waals surface area contributed by atoms with E-state index in [0.29, 0.717) is 17.0 Å². The van der Waals surface area contributed by atoms with Crippen molar-refractivity contribution in [2.75, 3.05) is 17.7 Å². The van der Waals surface area contributed by atoms with Gasteiger partial charge in [-0.05, 0) is 31.2 Å². The second-order valence-corrected chi connectivity index (χ2v) is 4.39. The fourth-order valence-corrected chi connectivity index (χ4v) is 1.85. The molecule has 1 aromatic heterocycles. The molecule has 1 heterocycles. The summed E-state index contributed by atoms with van der Waals surface area (Å²) in [5.74, 6) is -0.713. The van der Waals surface area contributed by atoms with Crippen molar-refractivity contribution in [1.82, 2.24) is 0 Å². The Bertz CT molecular complexity index is 676. The van der Waals surface area contributed by atoms with Crippen molar-refractivity contribution < 1.29 is 19.1 Å². The summed E-state index contributed by atoms with van der Waals surface area (Å²) in [6.45, 7) is 1.74. The van der Waals surface area contributed by atoms with Crippen molar-refractivity contribution in [2.45, 2.75) is 6.92 Å². The summed E-state index contributed by atoms with van der Waals surface area (Å²) in [4.78, 5) is 24.4. The van der Waals surface area contributed by atoms with Crippen LogP contribution in [0.3, 0.4) is 0 Å². The first-order chi connectivity index (χ1) is 9.40. The quantitative estimate of drug-likeness (QED) is 0.836. The van der Waals surface area contributed by atoms with Gasteiger partial charge in [0.2, 0.25) is 0 Å². The number of hydrogen-bond acceptors (Lipinski definition) is 4. The van der Waals surface area contributed by atoms with Crippen LogP contribution in [-0.2, 0) is 0 Å². The van der Waals surface area contributed by atoms with Gasteiger partial charge in [-0.3, -0.25) is 4.79 Å². The molecule has 0 bridgehead atoms. The predicted octanol–water partition coefficient (Wildman–Crippen LogP) is 2.15. The van der Waals surface area contributed by atoms with Gasteiger partial charge in [0.05, 0.1) is 22.5 Å². The molecule has 3 N–H and O–H groups in total. The third-order valence-electron chi connectivity index (χ3n) is 2.92. The molecule has 0 saturated heterocycles. The van der Waals surface area contributed by atoms with Gasteiger partial charge < -0.3 is 20.2 Å². The van der Waals surface area contributed by atoms with Gasteiger partial charge in [0.25, 0.3) is 5.91 Å². The minimum Gasteiger partial charge on any atom is -0.478 e. The number of carboxylic acids is 1. The standard InChI is InChI=1S/C14H14N2O4/c1-8-5-10(7-20-8)13(17)16(2)12-4-3-9(14(18)19)6-11(12)15/h3-7H,15H2,1-2H3,(H,18,19). The Morgan fingerprint density at radius 2 is 1.95 bits per heavy atom. The topological polar surface area (TPSA) is 96.8 Å². The molecule has 2 aromatic rings. The number of rotatable bonds is 3. The largest absolute Gasteiger partial charge is 0.478 e. The minimum atomic E-state index is -1.07. The molecule has 2 rings (SSSR count). The summed E-state index contributed by atoms with van der Waals surface area (Å²) < 4.78 is 5.10. The van der Waals surface area contributed by atoms with E-state index >= 15 is 0 Å². The van der Waals surface area contributed by atoms with E-state index in [1.165, 1.54) is 29.4 Å². The van der Waals surface area contributed by atoms with Crippen LogP contribution < -0.4 is 10.6 Å². The Morgan fingerprint density at radius 1 is 1.25 bits per heavy atom. The van der Waals surface area contributed by atoms with Crippen molar-refractivity contribution in [1.29, 1.82) is 0 Å². The third kappa shape index (κ3) is 2.49. The number of nitrogens with two attached hydrogens (primary N) is 1. The summed E-state index contributed by atoms with van der Waals surface area (Å²) in [7, 11) is 1.57. The van der Waals surface area contributed by atoms with Crippen LogP contribution in [0.5, 0.6) is 0 Å². The number of carbonyl (C=O) groups is 2. The van der Waals surface area contributed by atoms with Gasteiger partial charge in [-0.1, -0.05) is 0 Å². The van der Waals surface area contributed by atoms with Crippen LogP contribution in [0.25, 0.3) is 0 Å². The summed E-state index contributed by atoms with van der Waals surface area (Å²) in [6.07, 6.45) is 1.37. The molecule has 0 aliphatic heterocycles. The summed E-state index contributed by atoms with van der Waals surface area (Å²) in [5, 5.41) is 8.88. The first kappa shape index (κ1) is 13.7. The molecule has 20 heavy (non-hydrogen) atoms. The molecular formula is C14H14N2O4. The monoisotopic (exact) mass is 274 g/mol. The molecule has 0 saturated carbocycles. The maximum atomic E-state index is 12.2. The highest BCUT2D eigenvalue weighted by Crippen LogP contribution is 2.25. The van der Waals surface area contributed by atoms with Crippen LogP contribution in [0.1, 0.15) is 26.5 Å². The number of anilines is 2. The fraction of sp³-hybridized carbons (Fsp3) is 0.143. The molecule has 0 fully saturated rings. The zero-order chi connectivity index (χ0) is 14.9. The molecule has 6 heteroatoms. The van der Waals surface area contributed by atoms with E-state index in [2.05, 4.69) is 0 Å². The van der Waals surface area contributed by atoms with Gasteiger partial charge in [0.15, 0.2) is 0 Å². The molecule has 1 aromatic carbocycles. The molecule has 1 amide bonds. The van der Waals surface area contributed by atoms with Crippen molar-refractivity contribution >= 4 is 23.3 Å². The summed E-state index contributed by atoms with van der Waals surface area (Å²) >= 11 is 0. The van der Waals surface area contributed by atoms with Crippen molar-refractivity contribution in [3.63, 3.8) is 0 Å². The summed E-state index contributed by atoms with van der Waals surface area (Å²) in [6, 6.07) is 5.85. The SMILES string of the molecule is Cc1cc(C(=O)N(C)c2ccc(C(=O)O)cc2N)co1. The van der Waals surface area contributed by atoms with Crippen molar-refractivity contribution in [3.05, 3.63) is 47.4 Å². The number of nitrogens with zero attached hydrogens (tertiary/aromatic N) is 1. The average molecular weight is 274 g/mol. The van der Waals surface area contributed by atoms with Gasteiger partial charge in [-0.2, -0.15) is 0 Å². The van der Waals surface area contributed by atoms with Crippen LogP contribution in [0, 0.1) is 6.92 Å². The molecule has 0 spiro atoms. The van der Waals surface area contributed by atoms with Crippen LogP contribution in [0.2, 0.25) is 0 Å². The van der Waals surface area contributed by atoms with Crippen molar-refractivity contribution in [2.24, 2.45) is 0 Å². The van der Waals surface area contributed by atoms with E-state index in [-0.39, 0.29) is 17.2 Å². The van der Waals surface area contributed by atoms with E-state index in [9.17, 15) is 9.59 Å². The fourth-order valence-electron chi connectivity index (χ4n) is 1.85. The smallest absolute Gasteiger partial charge is 0.335 e. The summed E-state index contributed by atoms with van der Waals surface area (Å²) in [5.41, 5.74) is 6.95. The number of benzene rings is 1. The molecule has 0 radical (unpaired) electrons. The Morgan fingerprint density at radius 3 is 2.45 bits per heavy atom. The number of carbonyl (C=O) groups excluding carboxylic acids is 1. The van der Waals surface area contributed by atoms with Gasteiger partial charge >= 0.3 is 5.97 Å². The molecule has 0 atom stereocenters. The molecular weight excluding hydrogens is 260 g/mol. The number of amides is 1. The lowest BCUT2D eigenvalue weighted by atomic mass is 10.1. The van der Waals surface area contributed by atoms with Crippen LogP contribution in [0.15, 0.2) is 34.9 Å². The first-order valence-electron chi connectivity index (χ1n) is 5.86. The highest BCUT2D eigenvalue weighted by molar-refractivity contribution is 6.07. The lowest BCUT2D eigenvalue weighted by molar-refractivity contribution is 0.0697. The van der Waals surface area contributed by atoms with Crippen LogP contribution >= 0.6 is 0 Å². The Labute approximate surface area is 115 Å². The number of aryl methyl sites for hydroxylation is 1. The lowest BCUT2D eigenvalue weighted by Crippen LogP contribution is -2.26. The van der Waals surface area contributed by atoms with Gasteiger partial charge in [0, 0.05) is 7.05 Å². The van der Waals surface area contributed by atoms with E-state index < -0.39 is 5.97 Å². The van der Waals surface area contributed by atoms with Crippen LogP contribution in [-0.4, -0.2) is 24.0 Å². The minimum absolute atomic E-state index is 0.0752. The predicted molar refractivity (Wildman–Crippen MR) is 74.0 cm³/mol. The second-order valence-electron chi connectivity index (χ2n) is 4.39. The number of nitrogen functional groups attached to an aromatic ring is 1. The van der Waals surface area contributed by atoms with E-state index in [1.54, 1.807) is 20.0 Å². The Hall–Kier alpha value is -2.76. The van der Waals surface area contributed by atoms with E-state index in [0.717, 1.165) is 0 Å². The van der Waals surface area contributed by atoms with Crippen LogP contribution in [0.4, 0.5) is 11.4 Å². The maximum Gasteiger partial charge on any atom is 0.335 e. The third-order valence-corrected chi connectivity index (χ3v) is 2.92. The van der Waals surface area contributed by atoms with Gasteiger partial charge in [-0.15, -0.1) is 0 Å². The number of hydrogen-bond donors (Lipinski definition) is 2. The zero-order valence-corrected chi connectivity index (χ0v) is 11.1. The highest BCUT2D eigenvalue weighted by atomic mass is 16.4. The number of furan rings is 1. The molecule has 104 valence electrons. The average Bonchev–Trinajstić information content (AvgIpc) is 2.83. The molecule has 0 aliphatic carbocycles. The Kier molecular flexibility index (Phi) is 3.47. The van der Waals surface area contributed by atoms with E-state index in [1.807, 2.05) is 0 Å². The normalized spacial score (nSPS) is 10.3. The van der Waals surface area contributed by atoms with E-state index in [4.69, 9.17) is 15.3 Å². The second kappa shape index (κ2) is 5.08. The highest BCUT2D eigenvalue weighted by Gasteiger charge is 2.18. The first-order valence-corrected chi connectivity index (χ1v) is 5.86. The molecule has 0 unspecified atom stereocenters. The number of aromatic carboxylic acids is 1. The van der Waals surface area contributed by atoms with Gasteiger partial charge in [0.1, 0.15) is 12.0 Å². The number of carboxylic acid groups (broad SMARTS) is 1. The maximum absolute atomic E-state index is 12.2. The van der Waals surface area contributed by atoms with Crippen molar-refractivity contribution in [3.8, 4) is 0 Å².